The third-order valence-electron chi connectivity index (χ3n) is 2.60. The van der Waals surface area contributed by atoms with Crippen LogP contribution in [0.3, 0.4) is 0 Å². The maximum atomic E-state index is 5.69. The van der Waals surface area contributed by atoms with Gasteiger partial charge in [0.1, 0.15) is 0 Å². The van der Waals surface area contributed by atoms with Crippen LogP contribution in [-0.4, -0.2) is 18.8 Å². The molecule has 1 saturated heterocycles. The van der Waals surface area contributed by atoms with E-state index in [4.69, 9.17) is 10.6 Å². The maximum Gasteiger partial charge on any atom is 0.0741 e. The first-order valence-corrected chi connectivity index (χ1v) is 5.31. The van der Waals surface area contributed by atoms with Gasteiger partial charge in [0, 0.05) is 12.6 Å². The summed E-state index contributed by atoms with van der Waals surface area (Å²) in [6.07, 6.45) is 5.07. The molecular weight excluding hydrogens is 164 g/mol. The molecule has 0 aromatic carbocycles. The average Bonchev–Trinajstić information content (AvgIpc) is 2.15. The third-order valence-corrected chi connectivity index (χ3v) is 2.60. The topological polar surface area (TPSA) is 47.3 Å². The lowest BCUT2D eigenvalue weighted by molar-refractivity contribution is -0.0117. The lowest BCUT2D eigenvalue weighted by atomic mass is 9.95. The van der Waals surface area contributed by atoms with E-state index in [0.717, 1.165) is 19.4 Å². The van der Waals surface area contributed by atoms with Crippen molar-refractivity contribution in [3.8, 4) is 0 Å². The van der Waals surface area contributed by atoms with Crippen molar-refractivity contribution in [2.45, 2.75) is 51.7 Å². The molecular formula is C10H22N2O. The van der Waals surface area contributed by atoms with Crippen LogP contribution in [0, 0.1) is 5.92 Å². The van der Waals surface area contributed by atoms with Crippen molar-refractivity contribution < 1.29 is 4.74 Å². The van der Waals surface area contributed by atoms with Crippen molar-refractivity contribution in [2.75, 3.05) is 6.61 Å². The van der Waals surface area contributed by atoms with Gasteiger partial charge in [0.25, 0.3) is 0 Å². The molecule has 1 aliphatic heterocycles. The smallest absolute Gasteiger partial charge is 0.0741 e. The quantitative estimate of drug-likeness (QED) is 0.516. The fourth-order valence-corrected chi connectivity index (χ4v) is 1.92. The first-order valence-electron chi connectivity index (χ1n) is 5.31. The monoisotopic (exact) mass is 186 g/mol. The SMILES string of the molecule is CC(C)CC(NN)C1CCCCO1. The van der Waals surface area contributed by atoms with Gasteiger partial charge in [-0.25, -0.2) is 0 Å². The van der Waals surface area contributed by atoms with E-state index in [1.807, 2.05) is 0 Å². The van der Waals surface area contributed by atoms with E-state index < -0.39 is 0 Å². The van der Waals surface area contributed by atoms with Gasteiger partial charge in [-0.05, 0) is 31.6 Å². The van der Waals surface area contributed by atoms with Crippen LogP contribution < -0.4 is 11.3 Å². The van der Waals surface area contributed by atoms with Gasteiger partial charge in [0.15, 0.2) is 0 Å². The Labute approximate surface area is 81.0 Å². The van der Waals surface area contributed by atoms with Gasteiger partial charge in [-0.1, -0.05) is 13.8 Å². The number of hydrogen-bond donors (Lipinski definition) is 2. The zero-order valence-corrected chi connectivity index (χ0v) is 8.75. The molecule has 2 atom stereocenters. The van der Waals surface area contributed by atoms with Crippen molar-refractivity contribution in [1.82, 2.24) is 5.43 Å². The van der Waals surface area contributed by atoms with Gasteiger partial charge < -0.3 is 4.74 Å². The van der Waals surface area contributed by atoms with Crippen molar-refractivity contribution in [3.63, 3.8) is 0 Å². The molecule has 0 aromatic heterocycles. The lowest BCUT2D eigenvalue weighted by Crippen LogP contribution is -2.47. The Morgan fingerprint density at radius 2 is 2.23 bits per heavy atom. The highest BCUT2D eigenvalue weighted by Crippen LogP contribution is 2.19. The second-order valence-corrected chi connectivity index (χ2v) is 4.31. The Hall–Kier alpha value is -0.120. The molecule has 0 spiro atoms. The Bertz CT molecular complexity index is 133. The van der Waals surface area contributed by atoms with Gasteiger partial charge in [0.2, 0.25) is 0 Å². The minimum atomic E-state index is 0.334. The second-order valence-electron chi connectivity index (χ2n) is 4.31. The molecule has 3 heteroatoms. The minimum absolute atomic E-state index is 0.334. The molecule has 2 unspecified atom stereocenters. The molecule has 78 valence electrons. The number of nitrogens with one attached hydrogen (secondary N) is 1. The van der Waals surface area contributed by atoms with Crippen LogP contribution in [0.5, 0.6) is 0 Å². The Kier molecular flexibility index (Phi) is 4.70. The fourth-order valence-electron chi connectivity index (χ4n) is 1.92. The van der Waals surface area contributed by atoms with Crippen LogP contribution in [0.2, 0.25) is 0 Å². The summed E-state index contributed by atoms with van der Waals surface area (Å²) >= 11 is 0. The van der Waals surface area contributed by atoms with Crippen LogP contribution in [0.15, 0.2) is 0 Å². The Morgan fingerprint density at radius 1 is 1.46 bits per heavy atom. The Morgan fingerprint density at radius 3 is 2.69 bits per heavy atom. The summed E-state index contributed by atoms with van der Waals surface area (Å²) in [7, 11) is 0. The van der Waals surface area contributed by atoms with Crippen molar-refractivity contribution in [2.24, 2.45) is 11.8 Å². The van der Waals surface area contributed by atoms with Crippen molar-refractivity contribution >= 4 is 0 Å². The molecule has 13 heavy (non-hydrogen) atoms. The summed E-state index contributed by atoms with van der Waals surface area (Å²) in [5, 5.41) is 0. The molecule has 3 N–H and O–H groups in total. The van der Waals surface area contributed by atoms with Crippen LogP contribution in [0.25, 0.3) is 0 Å². The highest BCUT2D eigenvalue weighted by molar-refractivity contribution is 4.78. The maximum absolute atomic E-state index is 5.69. The van der Waals surface area contributed by atoms with Crippen molar-refractivity contribution in [1.29, 1.82) is 0 Å². The lowest BCUT2D eigenvalue weighted by Gasteiger charge is -2.30. The molecule has 0 bridgehead atoms. The second kappa shape index (κ2) is 5.58. The van der Waals surface area contributed by atoms with E-state index in [-0.39, 0.29) is 0 Å². The normalized spacial score (nSPS) is 26.3. The zero-order chi connectivity index (χ0) is 9.68. The summed E-state index contributed by atoms with van der Waals surface area (Å²) in [6, 6.07) is 0.334. The van der Waals surface area contributed by atoms with Crippen molar-refractivity contribution in [3.05, 3.63) is 0 Å². The summed E-state index contributed by atoms with van der Waals surface area (Å²) < 4.78 is 5.69. The first kappa shape index (κ1) is 11.0. The summed E-state index contributed by atoms with van der Waals surface area (Å²) in [4.78, 5) is 0. The standard InChI is InChI=1S/C10H22N2O/c1-8(2)7-9(12-11)10-5-3-4-6-13-10/h8-10,12H,3-7,11H2,1-2H3. The van der Waals surface area contributed by atoms with Crippen LogP contribution in [-0.2, 0) is 4.74 Å². The largest absolute Gasteiger partial charge is 0.377 e. The summed E-state index contributed by atoms with van der Waals surface area (Å²) in [6.45, 7) is 5.33. The molecule has 3 nitrogen and oxygen atoms in total. The number of hydrazine groups is 1. The van der Waals surface area contributed by atoms with Gasteiger partial charge >= 0.3 is 0 Å². The van der Waals surface area contributed by atoms with Gasteiger partial charge in [-0.3, -0.25) is 11.3 Å². The fraction of sp³-hybridized carbons (Fsp3) is 1.00. The molecule has 0 radical (unpaired) electrons. The van der Waals surface area contributed by atoms with Crippen LogP contribution in [0.4, 0.5) is 0 Å². The highest BCUT2D eigenvalue weighted by Gasteiger charge is 2.23. The first-order chi connectivity index (χ1) is 6.24. The van der Waals surface area contributed by atoms with Crippen LogP contribution in [0.1, 0.15) is 39.5 Å². The predicted octanol–water partition coefficient (Wildman–Crippen LogP) is 1.43. The molecule has 0 amide bonds. The molecule has 1 heterocycles. The molecule has 0 aliphatic carbocycles. The number of nitrogens with two attached hydrogens (primary N) is 1. The van der Waals surface area contributed by atoms with Crippen LogP contribution >= 0.6 is 0 Å². The average molecular weight is 186 g/mol. The minimum Gasteiger partial charge on any atom is -0.377 e. The zero-order valence-electron chi connectivity index (χ0n) is 8.75. The molecule has 1 rings (SSSR count). The summed E-state index contributed by atoms with van der Waals surface area (Å²) in [5.41, 5.74) is 2.88. The third kappa shape index (κ3) is 3.63. The Balaban J connectivity index is 2.34. The van der Waals surface area contributed by atoms with Gasteiger partial charge in [0.05, 0.1) is 6.10 Å². The van der Waals surface area contributed by atoms with E-state index in [9.17, 15) is 0 Å². The van der Waals surface area contributed by atoms with E-state index >= 15 is 0 Å². The number of hydrogen-bond acceptors (Lipinski definition) is 3. The molecule has 1 aliphatic rings. The van der Waals surface area contributed by atoms with E-state index in [2.05, 4.69) is 19.3 Å². The van der Waals surface area contributed by atoms with E-state index in [0.29, 0.717) is 18.1 Å². The number of rotatable bonds is 4. The molecule has 0 aromatic rings. The van der Waals surface area contributed by atoms with Gasteiger partial charge in [-0.2, -0.15) is 0 Å². The summed E-state index contributed by atoms with van der Waals surface area (Å²) in [5.74, 6) is 6.19. The number of ether oxygens (including phenoxy) is 1. The van der Waals surface area contributed by atoms with E-state index in [1.165, 1.54) is 12.8 Å². The molecule has 0 saturated carbocycles. The van der Waals surface area contributed by atoms with Gasteiger partial charge in [-0.15, -0.1) is 0 Å². The highest BCUT2D eigenvalue weighted by atomic mass is 16.5. The van der Waals surface area contributed by atoms with E-state index in [1.54, 1.807) is 0 Å². The molecule has 1 fully saturated rings. The predicted molar refractivity (Wildman–Crippen MR) is 54.2 cm³/mol.